The van der Waals surface area contributed by atoms with Crippen molar-refractivity contribution in [2.75, 3.05) is 13.2 Å². The first kappa shape index (κ1) is 11.9. The molecule has 0 amide bonds. The number of rotatable bonds is 4. The normalized spacial score (nSPS) is 20.7. The number of amidine groups is 1. The highest BCUT2D eigenvalue weighted by atomic mass is 16.5. The molecule has 17 heavy (non-hydrogen) atoms. The molecule has 1 aromatic rings. The average molecular weight is 236 g/mol. The molecule has 0 aliphatic carbocycles. The van der Waals surface area contributed by atoms with Gasteiger partial charge in [0, 0.05) is 12.2 Å². The van der Waals surface area contributed by atoms with Crippen LogP contribution in [-0.4, -0.2) is 30.4 Å². The second-order valence-electron chi connectivity index (χ2n) is 3.98. The average Bonchev–Trinajstić information content (AvgIpc) is 2.89. The van der Waals surface area contributed by atoms with Crippen LogP contribution in [0, 0.1) is 0 Å². The molecule has 1 unspecified atom stereocenters. The van der Waals surface area contributed by atoms with Crippen LogP contribution in [0.25, 0.3) is 0 Å². The SMILES string of the molecule is NC(=NO)c1ccc(COC2CCOC2)cc1. The summed E-state index contributed by atoms with van der Waals surface area (Å²) in [6, 6.07) is 7.42. The Morgan fingerprint density at radius 3 is 2.82 bits per heavy atom. The maximum atomic E-state index is 8.53. The van der Waals surface area contributed by atoms with Crippen molar-refractivity contribution in [3.63, 3.8) is 0 Å². The van der Waals surface area contributed by atoms with Gasteiger partial charge in [0.2, 0.25) is 0 Å². The van der Waals surface area contributed by atoms with E-state index < -0.39 is 0 Å². The second kappa shape index (κ2) is 5.65. The van der Waals surface area contributed by atoms with E-state index in [-0.39, 0.29) is 11.9 Å². The maximum absolute atomic E-state index is 8.53. The summed E-state index contributed by atoms with van der Waals surface area (Å²) in [4.78, 5) is 0. The van der Waals surface area contributed by atoms with Crippen LogP contribution in [0.1, 0.15) is 17.5 Å². The summed E-state index contributed by atoms with van der Waals surface area (Å²) in [6.07, 6.45) is 1.17. The lowest BCUT2D eigenvalue weighted by molar-refractivity contribution is 0.0317. The van der Waals surface area contributed by atoms with Crippen LogP contribution < -0.4 is 5.73 Å². The molecule has 1 fully saturated rings. The summed E-state index contributed by atoms with van der Waals surface area (Å²) in [5.74, 6) is 0.113. The third-order valence-corrected chi connectivity index (χ3v) is 2.73. The molecule has 1 atom stereocenters. The molecule has 1 saturated heterocycles. The second-order valence-corrected chi connectivity index (χ2v) is 3.98. The number of nitrogens with zero attached hydrogens (tertiary/aromatic N) is 1. The van der Waals surface area contributed by atoms with Crippen molar-refractivity contribution in [3.8, 4) is 0 Å². The van der Waals surface area contributed by atoms with Crippen molar-refractivity contribution in [2.24, 2.45) is 10.9 Å². The molecule has 1 aliphatic heterocycles. The van der Waals surface area contributed by atoms with Gasteiger partial charge in [0.25, 0.3) is 0 Å². The van der Waals surface area contributed by atoms with E-state index in [2.05, 4.69) is 5.16 Å². The highest BCUT2D eigenvalue weighted by Gasteiger charge is 2.15. The van der Waals surface area contributed by atoms with Gasteiger partial charge in [-0.3, -0.25) is 0 Å². The largest absolute Gasteiger partial charge is 0.409 e. The van der Waals surface area contributed by atoms with Crippen LogP contribution in [0.3, 0.4) is 0 Å². The van der Waals surface area contributed by atoms with Crippen LogP contribution in [-0.2, 0) is 16.1 Å². The first-order valence-corrected chi connectivity index (χ1v) is 5.56. The van der Waals surface area contributed by atoms with E-state index in [1.54, 1.807) is 12.1 Å². The zero-order valence-corrected chi connectivity index (χ0v) is 9.50. The minimum atomic E-state index is 0.113. The van der Waals surface area contributed by atoms with Crippen LogP contribution in [0.5, 0.6) is 0 Å². The van der Waals surface area contributed by atoms with Gasteiger partial charge in [-0.05, 0) is 12.0 Å². The molecule has 0 bridgehead atoms. The Hall–Kier alpha value is -1.59. The lowest BCUT2D eigenvalue weighted by Gasteiger charge is -2.09. The Morgan fingerprint density at radius 1 is 1.47 bits per heavy atom. The molecule has 0 spiro atoms. The molecular formula is C12H16N2O3. The van der Waals surface area contributed by atoms with Crippen molar-refractivity contribution < 1.29 is 14.7 Å². The van der Waals surface area contributed by atoms with Crippen LogP contribution >= 0.6 is 0 Å². The first-order valence-electron chi connectivity index (χ1n) is 5.56. The molecule has 3 N–H and O–H groups in total. The first-order chi connectivity index (χ1) is 8.29. The Morgan fingerprint density at radius 2 is 2.24 bits per heavy atom. The van der Waals surface area contributed by atoms with Crippen LogP contribution in [0.2, 0.25) is 0 Å². The molecule has 1 aromatic carbocycles. The Kier molecular flexibility index (Phi) is 3.95. The fraction of sp³-hybridized carbons (Fsp3) is 0.417. The molecule has 1 aliphatic rings. The predicted molar refractivity (Wildman–Crippen MR) is 63.0 cm³/mol. The highest BCUT2D eigenvalue weighted by Crippen LogP contribution is 2.12. The topological polar surface area (TPSA) is 77.1 Å². The Bertz CT molecular complexity index is 383. The summed E-state index contributed by atoms with van der Waals surface area (Å²) in [5.41, 5.74) is 7.23. The Labute approximate surface area is 99.8 Å². The predicted octanol–water partition coefficient (Wildman–Crippen LogP) is 1.09. The van der Waals surface area contributed by atoms with Gasteiger partial charge in [0.1, 0.15) is 0 Å². The smallest absolute Gasteiger partial charge is 0.170 e. The van der Waals surface area contributed by atoms with Gasteiger partial charge in [-0.1, -0.05) is 29.4 Å². The third kappa shape index (κ3) is 3.18. The number of ether oxygens (including phenoxy) is 2. The summed E-state index contributed by atoms with van der Waals surface area (Å²) in [6.45, 7) is 2.03. The van der Waals surface area contributed by atoms with Gasteiger partial charge in [-0.2, -0.15) is 0 Å². The number of oxime groups is 1. The van der Waals surface area contributed by atoms with Gasteiger partial charge < -0.3 is 20.4 Å². The van der Waals surface area contributed by atoms with E-state index in [1.807, 2.05) is 12.1 Å². The lowest BCUT2D eigenvalue weighted by Crippen LogP contribution is -2.13. The molecule has 1 heterocycles. The molecule has 0 aromatic heterocycles. The fourth-order valence-electron chi connectivity index (χ4n) is 1.69. The molecule has 0 radical (unpaired) electrons. The molecule has 2 rings (SSSR count). The molecule has 5 nitrogen and oxygen atoms in total. The number of benzene rings is 1. The summed E-state index contributed by atoms with van der Waals surface area (Å²) < 4.78 is 10.9. The van der Waals surface area contributed by atoms with Crippen LogP contribution in [0.15, 0.2) is 29.4 Å². The van der Waals surface area contributed by atoms with Gasteiger partial charge in [0.05, 0.1) is 19.3 Å². The van der Waals surface area contributed by atoms with Crippen molar-refractivity contribution in [1.82, 2.24) is 0 Å². The molecule has 92 valence electrons. The molecular weight excluding hydrogens is 220 g/mol. The molecule has 5 heteroatoms. The van der Waals surface area contributed by atoms with Gasteiger partial charge in [-0.25, -0.2) is 0 Å². The molecule has 0 saturated carbocycles. The highest BCUT2D eigenvalue weighted by molar-refractivity contribution is 5.96. The zero-order valence-electron chi connectivity index (χ0n) is 9.50. The zero-order chi connectivity index (χ0) is 12.1. The number of hydrogen-bond acceptors (Lipinski definition) is 4. The lowest BCUT2D eigenvalue weighted by atomic mass is 10.1. The minimum absolute atomic E-state index is 0.113. The van der Waals surface area contributed by atoms with Gasteiger partial charge in [0.15, 0.2) is 5.84 Å². The van der Waals surface area contributed by atoms with E-state index in [0.29, 0.717) is 18.8 Å². The van der Waals surface area contributed by atoms with Crippen molar-refractivity contribution in [3.05, 3.63) is 35.4 Å². The summed E-state index contributed by atoms with van der Waals surface area (Å²) in [7, 11) is 0. The standard InChI is InChI=1S/C12H16N2O3/c13-12(14-15)10-3-1-9(2-4-10)7-17-11-5-6-16-8-11/h1-4,11,15H,5-8H2,(H2,13,14). The van der Waals surface area contributed by atoms with Crippen LogP contribution in [0.4, 0.5) is 0 Å². The van der Waals surface area contributed by atoms with Crippen molar-refractivity contribution in [1.29, 1.82) is 0 Å². The summed E-state index contributed by atoms with van der Waals surface area (Å²) in [5, 5.41) is 11.5. The quantitative estimate of drug-likeness (QED) is 0.355. The Balaban J connectivity index is 1.89. The minimum Gasteiger partial charge on any atom is -0.409 e. The monoisotopic (exact) mass is 236 g/mol. The van der Waals surface area contributed by atoms with E-state index >= 15 is 0 Å². The van der Waals surface area contributed by atoms with Gasteiger partial charge in [-0.15, -0.1) is 0 Å². The van der Waals surface area contributed by atoms with Crippen molar-refractivity contribution in [2.45, 2.75) is 19.1 Å². The maximum Gasteiger partial charge on any atom is 0.170 e. The third-order valence-electron chi connectivity index (χ3n) is 2.73. The van der Waals surface area contributed by atoms with Crippen molar-refractivity contribution >= 4 is 5.84 Å². The van der Waals surface area contributed by atoms with E-state index in [0.717, 1.165) is 18.6 Å². The van der Waals surface area contributed by atoms with E-state index in [9.17, 15) is 0 Å². The van der Waals surface area contributed by atoms with Gasteiger partial charge >= 0.3 is 0 Å². The number of hydrogen-bond donors (Lipinski definition) is 2. The fourth-order valence-corrected chi connectivity index (χ4v) is 1.69. The summed E-state index contributed by atoms with van der Waals surface area (Å²) >= 11 is 0. The van der Waals surface area contributed by atoms with E-state index in [4.69, 9.17) is 20.4 Å². The van der Waals surface area contributed by atoms with E-state index in [1.165, 1.54) is 0 Å². The number of nitrogens with two attached hydrogens (primary N) is 1.